The molecule has 3 rings (SSSR count). The van der Waals surface area contributed by atoms with Crippen molar-refractivity contribution < 1.29 is 28.5 Å². The van der Waals surface area contributed by atoms with Gasteiger partial charge in [-0.25, -0.2) is 4.79 Å². The van der Waals surface area contributed by atoms with E-state index in [1.165, 1.54) is 0 Å². The van der Waals surface area contributed by atoms with Crippen LogP contribution in [0.3, 0.4) is 0 Å². The lowest BCUT2D eigenvalue weighted by Crippen LogP contribution is -2.46. The molecule has 1 heterocycles. The summed E-state index contributed by atoms with van der Waals surface area (Å²) in [6, 6.07) is 16.9. The predicted octanol–water partition coefficient (Wildman–Crippen LogP) is 2.43. The molecular weight excluding hydrogens is 374 g/mol. The molecule has 0 aliphatic carbocycles. The van der Waals surface area contributed by atoms with Crippen LogP contribution in [-0.4, -0.2) is 55.8 Å². The third kappa shape index (κ3) is 6.50. The summed E-state index contributed by atoms with van der Waals surface area (Å²) in [5.41, 5.74) is 1.08. The number of hydrogen-bond acceptors (Lipinski definition) is 6. The Morgan fingerprint density at radius 1 is 0.966 bits per heavy atom. The van der Waals surface area contributed by atoms with Crippen LogP contribution in [-0.2, 0) is 25.7 Å². The third-order valence-electron chi connectivity index (χ3n) is 4.41. The largest absolute Gasteiger partial charge is 0.489 e. The zero-order valence-electron chi connectivity index (χ0n) is 16.4. The van der Waals surface area contributed by atoms with Gasteiger partial charge in [0, 0.05) is 13.1 Å². The molecule has 154 valence electrons. The fourth-order valence-electron chi connectivity index (χ4n) is 2.84. The highest BCUT2D eigenvalue weighted by molar-refractivity contribution is 5.83. The van der Waals surface area contributed by atoms with Crippen molar-refractivity contribution in [3.05, 3.63) is 60.2 Å². The van der Waals surface area contributed by atoms with E-state index in [1.54, 1.807) is 36.1 Å². The van der Waals surface area contributed by atoms with Gasteiger partial charge >= 0.3 is 5.97 Å². The van der Waals surface area contributed by atoms with Gasteiger partial charge in [-0.15, -0.1) is 0 Å². The number of amides is 1. The number of rotatable bonds is 8. The summed E-state index contributed by atoms with van der Waals surface area (Å²) < 4.78 is 21.5. The van der Waals surface area contributed by atoms with Crippen LogP contribution >= 0.6 is 0 Å². The van der Waals surface area contributed by atoms with E-state index in [1.807, 2.05) is 30.3 Å². The van der Waals surface area contributed by atoms with Crippen LogP contribution < -0.4 is 9.47 Å². The lowest BCUT2D eigenvalue weighted by atomic mass is 10.2. The fourth-order valence-corrected chi connectivity index (χ4v) is 2.84. The van der Waals surface area contributed by atoms with Crippen molar-refractivity contribution in [2.45, 2.75) is 19.6 Å². The van der Waals surface area contributed by atoms with E-state index >= 15 is 0 Å². The van der Waals surface area contributed by atoms with Crippen molar-refractivity contribution in [2.75, 3.05) is 32.9 Å². The van der Waals surface area contributed by atoms with Gasteiger partial charge < -0.3 is 23.8 Å². The lowest BCUT2D eigenvalue weighted by Gasteiger charge is -2.28. The first kappa shape index (κ1) is 20.7. The Hall–Kier alpha value is -3.06. The number of nitrogens with zero attached hydrogens (tertiary/aromatic N) is 1. The third-order valence-corrected chi connectivity index (χ3v) is 4.41. The minimum atomic E-state index is -0.849. The highest BCUT2D eigenvalue weighted by atomic mass is 16.6. The fraction of sp³-hybridized carbons (Fsp3) is 0.364. The molecule has 7 nitrogen and oxygen atoms in total. The molecule has 1 fully saturated rings. The van der Waals surface area contributed by atoms with E-state index in [4.69, 9.17) is 18.9 Å². The number of hydrogen-bond donors (Lipinski definition) is 0. The van der Waals surface area contributed by atoms with E-state index in [9.17, 15) is 9.59 Å². The molecule has 29 heavy (non-hydrogen) atoms. The minimum absolute atomic E-state index is 0.221. The van der Waals surface area contributed by atoms with Gasteiger partial charge in [-0.3, -0.25) is 4.79 Å². The molecule has 0 aromatic heterocycles. The maximum atomic E-state index is 12.2. The highest BCUT2D eigenvalue weighted by Crippen LogP contribution is 2.19. The molecule has 0 spiro atoms. The molecule has 1 unspecified atom stereocenters. The van der Waals surface area contributed by atoms with E-state index in [0.29, 0.717) is 44.4 Å². The molecule has 1 saturated heterocycles. The van der Waals surface area contributed by atoms with Crippen LogP contribution in [0.4, 0.5) is 0 Å². The Balaban J connectivity index is 1.39. The molecule has 2 aromatic rings. The Morgan fingerprint density at radius 2 is 1.59 bits per heavy atom. The maximum Gasteiger partial charge on any atom is 0.344 e. The van der Waals surface area contributed by atoms with E-state index in [2.05, 4.69) is 0 Å². The molecule has 1 atom stereocenters. The molecule has 1 amide bonds. The van der Waals surface area contributed by atoms with E-state index < -0.39 is 12.1 Å². The predicted molar refractivity (Wildman–Crippen MR) is 106 cm³/mol. The Labute approximate surface area is 170 Å². The van der Waals surface area contributed by atoms with Crippen LogP contribution in [0, 0.1) is 0 Å². The molecular formula is C22H25NO6. The summed E-state index contributed by atoms with van der Waals surface area (Å²) in [6.45, 7) is 3.79. The Kier molecular flexibility index (Phi) is 7.47. The molecule has 0 radical (unpaired) electrons. The molecule has 7 heteroatoms. The molecule has 1 aliphatic rings. The summed E-state index contributed by atoms with van der Waals surface area (Å²) in [6.07, 6.45) is -0.849. The molecule has 0 N–H and O–H groups in total. The number of carbonyl (C=O) groups is 2. The van der Waals surface area contributed by atoms with Crippen molar-refractivity contribution in [1.29, 1.82) is 0 Å². The summed E-state index contributed by atoms with van der Waals surface area (Å²) in [4.78, 5) is 25.9. The summed E-state index contributed by atoms with van der Waals surface area (Å²) in [5.74, 6) is 0.403. The van der Waals surface area contributed by atoms with Gasteiger partial charge in [-0.2, -0.15) is 0 Å². The molecule has 1 aliphatic heterocycles. The van der Waals surface area contributed by atoms with Crippen LogP contribution in [0.5, 0.6) is 11.5 Å². The van der Waals surface area contributed by atoms with Crippen molar-refractivity contribution in [3.8, 4) is 11.5 Å². The van der Waals surface area contributed by atoms with Crippen molar-refractivity contribution in [3.63, 3.8) is 0 Å². The summed E-state index contributed by atoms with van der Waals surface area (Å²) in [5, 5.41) is 0. The average Bonchev–Trinajstić information content (AvgIpc) is 2.77. The van der Waals surface area contributed by atoms with E-state index in [-0.39, 0.29) is 12.5 Å². The first-order valence-corrected chi connectivity index (χ1v) is 9.57. The number of esters is 1. The first-order valence-electron chi connectivity index (χ1n) is 9.57. The monoisotopic (exact) mass is 399 g/mol. The Bertz CT molecular complexity index is 787. The minimum Gasteiger partial charge on any atom is -0.489 e. The highest BCUT2D eigenvalue weighted by Gasteiger charge is 2.25. The molecule has 2 aromatic carbocycles. The van der Waals surface area contributed by atoms with Gasteiger partial charge in [0.15, 0.2) is 12.7 Å². The van der Waals surface area contributed by atoms with Crippen LogP contribution in [0.25, 0.3) is 0 Å². The number of morpholine rings is 1. The van der Waals surface area contributed by atoms with Gasteiger partial charge in [-0.1, -0.05) is 30.3 Å². The quantitative estimate of drug-likeness (QED) is 0.635. The lowest BCUT2D eigenvalue weighted by molar-refractivity contribution is -0.162. The van der Waals surface area contributed by atoms with Crippen LogP contribution in [0.15, 0.2) is 54.6 Å². The number of ether oxygens (including phenoxy) is 4. The average molecular weight is 399 g/mol. The van der Waals surface area contributed by atoms with Crippen LogP contribution in [0.2, 0.25) is 0 Å². The van der Waals surface area contributed by atoms with Crippen molar-refractivity contribution in [2.24, 2.45) is 0 Å². The van der Waals surface area contributed by atoms with Gasteiger partial charge in [0.05, 0.1) is 13.2 Å². The van der Waals surface area contributed by atoms with Crippen LogP contribution in [0.1, 0.15) is 12.5 Å². The summed E-state index contributed by atoms with van der Waals surface area (Å²) >= 11 is 0. The molecule has 0 saturated carbocycles. The maximum absolute atomic E-state index is 12.2. The summed E-state index contributed by atoms with van der Waals surface area (Å²) in [7, 11) is 0. The topological polar surface area (TPSA) is 74.3 Å². The molecule has 0 bridgehead atoms. The smallest absolute Gasteiger partial charge is 0.344 e. The second-order valence-electron chi connectivity index (χ2n) is 6.60. The normalized spacial score (nSPS) is 14.7. The number of benzene rings is 2. The SMILES string of the molecule is CC(OC(=O)COc1ccc(OCc2ccccc2)cc1)C(=O)N1CCOCC1. The zero-order chi connectivity index (χ0) is 20.5. The Morgan fingerprint density at radius 3 is 2.24 bits per heavy atom. The second-order valence-corrected chi connectivity index (χ2v) is 6.60. The van der Waals surface area contributed by atoms with E-state index in [0.717, 1.165) is 5.56 Å². The second kappa shape index (κ2) is 10.5. The first-order chi connectivity index (χ1) is 14.1. The zero-order valence-corrected chi connectivity index (χ0v) is 16.4. The van der Waals surface area contributed by atoms with Crippen molar-refractivity contribution in [1.82, 2.24) is 4.90 Å². The van der Waals surface area contributed by atoms with Gasteiger partial charge in [0.2, 0.25) is 0 Å². The van der Waals surface area contributed by atoms with Gasteiger partial charge in [-0.05, 0) is 36.8 Å². The number of carbonyl (C=O) groups excluding carboxylic acids is 2. The van der Waals surface area contributed by atoms with Crippen molar-refractivity contribution >= 4 is 11.9 Å². The van der Waals surface area contributed by atoms with Gasteiger partial charge in [0.1, 0.15) is 18.1 Å². The van der Waals surface area contributed by atoms with Gasteiger partial charge in [0.25, 0.3) is 5.91 Å². The standard InChI is InChI=1S/C22H25NO6/c1-17(22(25)23-11-13-26-14-12-23)29-21(24)16-28-20-9-7-19(8-10-20)27-15-18-5-3-2-4-6-18/h2-10,17H,11-16H2,1H3.